The van der Waals surface area contributed by atoms with Crippen LogP contribution in [0.15, 0.2) is 18.2 Å². The van der Waals surface area contributed by atoms with Gasteiger partial charge >= 0.3 is 0 Å². The van der Waals surface area contributed by atoms with E-state index in [-0.39, 0.29) is 21.8 Å². The van der Waals surface area contributed by atoms with Gasteiger partial charge in [0.25, 0.3) is 0 Å². The van der Waals surface area contributed by atoms with Crippen LogP contribution in [0.2, 0.25) is 5.02 Å². The summed E-state index contributed by atoms with van der Waals surface area (Å²) in [6.07, 6.45) is 0. The van der Waals surface area contributed by atoms with E-state index in [1.165, 1.54) is 12.1 Å². The predicted molar refractivity (Wildman–Crippen MR) is 73.5 cm³/mol. The van der Waals surface area contributed by atoms with Crippen molar-refractivity contribution in [1.82, 2.24) is 9.59 Å². The van der Waals surface area contributed by atoms with Crippen LogP contribution in [0.5, 0.6) is 0 Å². The van der Waals surface area contributed by atoms with Crippen LogP contribution >= 0.6 is 23.1 Å². The molecule has 19 heavy (non-hydrogen) atoms. The maximum atomic E-state index is 13.2. The maximum Gasteiger partial charge on any atom is 0.208 e. The molecule has 100 valence electrons. The summed E-state index contributed by atoms with van der Waals surface area (Å²) >= 11 is 6.95. The molecule has 0 aliphatic carbocycles. The lowest BCUT2D eigenvalue weighted by atomic mass is 9.90. The van der Waals surface area contributed by atoms with E-state index in [0.29, 0.717) is 10.6 Å². The van der Waals surface area contributed by atoms with Gasteiger partial charge in [-0.15, -0.1) is 5.10 Å². The summed E-state index contributed by atoms with van der Waals surface area (Å²) in [6.45, 7) is 5.81. The Morgan fingerprint density at radius 3 is 2.68 bits per heavy atom. The number of aromatic nitrogens is 2. The molecule has 0 N–H and O–H groups in total. The summed E-state index contributed by atoms with van der Waals surface area (Å²) in [5.74, 6) is -0.841. The standard InChI is InChI=1S/C13H12ClFN2OS/c1-13(2,3)12-11(19-17-16-12)10(18)8-6-7(15)4-5-9(8)14/h4-6H,1-3H3. The van der Waals surface area contributed by atoms with E-state index in [2.05, 4.69) is 9.59 Å². The quantitative estimate of drug-likeness (QED) is 0.791. The minimum absolute atomic E-state index is 0.137. The maximum absolute atomic E-state index is 13.2. The minimum Gasteiger partial charge on any atom is -0.287 e. The van der Waals surface area contributed by atoms with Crippen molar-refractivity contribution in [2.24, 2.45) is 0 Å². The Morgan fingerprint density at radius 1 is 1.37 bits per heavy atom. The van der Waals surface area contributed by atoms with Gasteiger partial charge in [-0.3, -0.25) is 4.79 Å². The molecule has 0 spiro atoms. The lowest BCUT2D eigenvalue weighted by molar-refractivity contribution is 0.104. The van der Waals surface area contributed by atoms with Gasteiger partial charge in [0, 0.05) is 11.0 Å². The molecule has 2 rings (SSSR count). The van der Waals surface area contributed by atoms with Gasteiger partial charge in [0.2, 0.25) is 5.78 Å². The van der Waals surface area contributed by atoms with Crippen LogP contribution in [0.25, 0.3) is 0 Å². The van der Waals surface area contributed by atoms with Gasteiger partial charge < -0.3 is 0 Å². The molecule has 1 aromatic carbocycles. The molecule has 0 atom stereocenters. The summed E-state index contributed by atoms with van der Waals surface area (Å²) in [5.41, 5.74) is 0.429. The van der Waals surface area contributed by atoms with Crippen molar-refractivity contribution in [3.8, 4) is 0 Å². The summed E-state index contributed by atoms with van der Waals surface area (Å²) in [5, 5.41) is 4.22. The number of hydrogen-bond donors (Lipinski definition) is 0. The van der Waals surface area contributed by atoms with E-state index in [1.807, 2.05) is 20.8 Å². The Hall–Kier alpha value is -1.33. The second kappa shape index (κ2) is 4.98. The van der Waals surface area contributed by atoms with Crippen LogP contribution in [0.4, 0.5) is 4.39 Å². The van der Waals surface area contributed by atoms with Crippen molar-refractivity contribution in [2.75, 3.05) is 0 Å². The molecule has 0 unspecified atom stereocenters. The van der Waals surface area contributed by atoms with Gasteiger partial charge in [0.15, 0.2) is 0 Å². The molecule has 0 saturated heterocycles. The number of benzene rings is 1. The lowest BCUT2D eigenvalue weighted by Crippen LogP contribution is -2.17. The van der Waals surface area contributed by atoms with Gasteiger partial charge in [-0.2, -0.15) is 0 Å². The van der Waals surface area contributed by atoms with E-state index in [1.54, 1.807) is 0 Å². The highest BCUT2D eigenvalue weighted by molar-refractivity contribution is 7.08. The summed E-state index contributed by atoms with van der Waals surface area (Å²) in [7, 11) is 0. The zero-order chi connectivity index (χ0) is 14.2. The van der Waals surface area contributed by atoms with E-state index in [4.69, 9.17) is 11.6 Å². The average molecular weight is 299 g/mol. The summed E-state index contributed by atoms with van der Waals surface area (Å²) in [4.78, 5) is 12.8. The fraction of sp³-hybridized carbons (Fsp3) is 0.308. The minimum atomic E-state index is -0.498. The summed E-state index contributed by atoms with van der Waals surface area (Å²) < 4.78 is 17.1. The molecule has 0 radical (unpaired) electrons. The fourth-order valence-electron chi connectivity index (χ4n) is 1.62. The second-order valence-corrected chi connectivity index (χ2v) is 6.32. The Bertz CT molecular complexity index is 634. The van der Waals surface area contributed by atoms with Crippen LogP contribution in [-0.2, 0) is 5.41 Å². The van der Waals surface area contributed by atoms with Gasteiger partial charge in [0.1, 0.15) is 10.7 Å². The van der Waals surface area contributed by atoms with E-state index >= 15 is 0 Å². The molecule has 6 heteroatoms. The molecule has 2 aromatic rings. The van der Waals surface area contributed by atoms with Gasteiger partial charge in [-0.25, -0.2) is 4.39 Å². The van der Waals surface area contributed by atoms with Crippen LogP contribution in [0.3, 0.4) is 0 Å². The van der Waals surface area contributed by atoms with Gasteiger partial charge in [0.05, 0.1) is 10.7 Å². The number of nitrogens with zero attached hydrogens (tertiary/aromatic N) is 2. The van der Waals surface area contributed by atoms with Crippen molar-refractivity contribution >= 4 is 28.9 Å². The normalized spacial score (nSPS) is 11.6. The van der Waals surface area contributed by atoms with E-state index < -0.39 is 5.82 Å². The number of carbonyl (C=O) groups excluding carboxylic acids is 1. The van der Waals surface area contributed by atoms with Crippen molar-refractivity contribution in [2.45, 2.75) is 26.2 Å². The van der Waals surface area contributed by atoms with Gasteiger partial charge in [-0.05, 0) is 29.7 Å². The van der Waals surface area contributed by atoms with Crippen molar-refractivity contribution in [1.29, 1.82) is 0 Å². The Labute approximate surface area is 119 Å². The van der Waals surface area contributed by atoms with Crippen molar-refractivity contribution in [3.63, 3.8) is 0 Å². The van der Waals surface area contributed by atoms with Crippen molar-refractivity contribution < 1.29 is 9.18 Å². The van der Waals surface area contributed by atoms with E-state index in [9.17, 15) is 9.18 Å². The highest BCUT2D eigenvalue weighted by Crippen LogP contribution is 2.29. The molecule has 1 heterocycles. The zero-order valence-electron chi connectivity index (χ0n) is 10.7. The number of carbonyl (C=O) groups is 1. The lowest BCUT2D eigenvalue weighted by Gasteiger charge is -2.16. The van der Waals surface area contributed by atoms with Crippen LogP contribution in [0, 0.1) is 5.82 Å². The number of hydrogen-bond acceptors (Lipinski definition) is 4. The van der Waals surface area contributed by atoms with Crippen LogP contribution in [0.1, 0.15) is 41.7 Å². The third-order valence-corrected chi connectivity index (χ3v) is 3.63. The number of ketones is 1. The Morgan fingerprint density at radius 2 is 2.05 bits per heavy atom. The second-order valence-electron chi connectivity index (χ2n) is 5.15. The highest BCUT2D eigenvalue weighted by atomic mass is 35.5. The molecule has 3 nitrogen and oxygen atoms in total. The molecule has 0 aliphatic heterocycles. The number of rotatable bonds is 2. The summed E-state index contributed by atoms with van der Waals surface area (Å²) in [6, 6.07) is 3.72. The van der Waals surface area contributed by atoms with E-state index in [0.717, 1.165) is 17.6 Å². The van der Waals surface area contributed by atoms with Gasteiger partial charge in [-0.1, -0.05) is 36.9 Å². The molecular formula is C13H12ClFN2OS. The molecule has 1 aromatic heterocycles. The molecule has 0 fully saturated rings. The molecular weight excluding hydrogens is 287 g/mol. The first-order valence-corrected chi connectivity index (χ1v) is 6.78. The largest absolute Gasteiger partial charge is 0.287 e. The first-order chi connectivity index (χ1) is 8.80. The highest BCUT2D eigenvalue weighted by Gasteiger charge is 2.27. The third kappa shape index (κ3) is 2.82. The first kappa shape index (κ1) is 14.1. The topological polar surface area (TPSA) is 42.9 Å². The average Bonchev–Trinajstić information content (AvgIpc) is 2.80. The van der Waals surface area contributed by atoms with Crippen molar-refractivity contribution in [3.05, 3.63) is 45.2 Å². The predicted octanol–water partition coefficient (Wildman–Crippen LogP) is 3.86. The molecule has 0 aliphatic rings. The Balaban J connectivity index is 2.51. The molecule has 0 amide bonds. The van der Waals surface area contributed by atoms with Crippen LogP contribution in [-0.4, -0.2) is 15.4 Å². The smallest absolute Gasteiger partial charge is 0.208 e. The zero-order valence-corrected chi connectivity index (χ0v) is 12.3. The monoisotopic (exact) mass is 298 g/mol. The molecule has 0 bridgehead atoms. The Kier molecular flexibility index (Phi) is 3.69. The van der Waals surface area contributed by atoms with Crippen LogP contribution < -0.4 is 0 Å². The fourth-order valence-corrected chi connectivity index (χ4v) is 2.66. The third-order valence-electron chi connectivity index (χ3n) is 2.58. The first-order valence-electron chi connectivity index (χ1n) is 5.63. The number of halogens is 2. The molecule has 0 saturated carbocycles. The SMILES string of the molecule is CC(C)(C)c1nnsc1C(=O)c1cc(F)ccc1Cl.